The Morgan fingerprint density at radius 2 is 2.15 bits per heavy atom. The molecule has 1 fully saturated rings. The Kier molecular flexibility index (Phi) is 7.45. The molecular weight excluding hydrogens is 323 g/mol. The number of benzene rings is 1. The molecule has 112 valence electrons. The summed E-state index contributed by atoms with van der Waals surface area (Å²) < 4.78 is 5.52. The molecule has 0 aromatic heterocycles. The summed E-state index contributed by atoms with van der Waals surface area (Å²) in [5, 5.41) is 7.03. The Morgan fingerprint density at radius 3 is 2.75 bits per heavy atom. The van der Waals surface area contributed by atoms with Gasteiger partial charge in [-0.2, -0.15) is 0 Å². The van der Waals surface area contributed by atoms with Crippen LogP contribution in [-0.2, 0) is 4.79 Å². The third-order valence-corrected chi connectivity index (χ3v) is 3.45. The Morgan fingerprint density at radius 1 is 1.40 bits per heavy atom. The largest absolute Gasteiger partial charge is 0.492 e. The number of amides is 1. The van der Waals surface area contributed by atoms with Crippen molar-refractivity contribution in [1.82, 2.24) is 10.6 Å². The van der Waals surface area contributed by atoms with Gasteiger partial charge < -0.3 is 15.4 Å². The van der Waals surface area contributed by atoms with Crippen LogP contribution < -0.4 is 15.4 Å². The number of carbonyl (C=O) groups is 1. The zero-order valence-electron chi connectivity index (χ0n) is 10.8. The van der Waals surface area contributed by atoms with Crippen LogP contribution in [0.5, 0.6) is 5.75 Å². The van der Waals surface area contributed by atoms with E-state index in [-0.39, 0.29) is 24.2 Å². The van der Waals surface area contributed by atoms with Crippen molar-refractivity contribution in [2.24, 2.45) is 5.92 Å². The topological polar surface area (TPSA) is 50.4 Å². The molecule has 1 saturated heterocycles. The van der Waals surface area contributed by atoms with E-state index >= 15 is 0 Å². The molecule has 1 aromatic rings. The predicted molar refractivity (Wildman–Crippen MR) is 83.2 cm³/mol. The van der Waals surface area contributed by atoms with Gasteiger partial charge in [-0.25, -0.2) is 0 Å². The summed E-state index contributed by atoms with van der Waals surface area (Å²) in [6.45, 7) is 2.68. The van der Waals surface area contributed by atoms with Crippen LogP contribution in [0.15, 0.2) is 18.2 Å². The minimum Gasteiger partial charge on any atom is -0.492 e. The Hall–Kier alpha value is -0.680. The van der Waals surface area contributed by atoms with Crippen LogP contribution in [-0.4, -0.2) is 32.1 Å². The lowest BCUT2D eigenvalue weighted by Gasteiger charge is -2.25. The highest BCUT2D eigenvalue weighted by molar-refractivity contribution is 6.35. The van der Waals surface area contributed by atoms with Gasteiger partial charge in [0, 0.05) is 24.7 Å². The molecule has 0 atom stereocenters. The summed E-state index contributed by atoms with van der Waals surface area (Å²) in [7, 11) is 0. The summed E-state index contributed by atoms with van der Waals surface area (Å²) in [6.07, 6.45) is 0.741. The molecule has 1 heterocycles. The number of ether oxygens (including phenoxy) is 1. The molecule has 0 radical (unpaired) electrons. The molecule has 1 aliphatic rings. The Balaban J connectivity index is 0.00000200. The van der Waals surface area contributed by atoms with Crippen molar-refractivity contribution in [1.29, 1.82) is 0 Å². The van der Waals surface area contributed by atoms with Crippen LogP contribution in [0.4, 0.5) is 0 Å². The van der Waals surface area contributed by atoms with Crippen LogP contribution in [0.1, 0.15) is 6.42 Å². The van der Waals surface area contributed by atoms with E-state index in [1.54, 1.807) is 18.2 Å². The molecule has 7 heteroatoms. The van der Waals surface area contributed by atoms with Crippen molar-refractivity contribution < 1.29 is 9.53 Å². The SMILES string of the molecule is Cl.O=C(NCCCOc1ccc(Cl)cc1Cl)C1CNC1. The van der Waals surface area contributed by atoms with Gasteiger partial charge in [-0.05, 0) is 24.6 Å². The summed E-state index contributed by atoms with van der Waals surface area (Å²) in [6, 6.07) is 5.11. The first-order valence-electron chi connectivity index (χ1n) is 6.23. The highest BCUT2D eigenvalue weighted by atomic mass is 35.5. The lowest BCUT2D eigenvalue weighted by atomic mass is 10.0. The number of nitrogens with one attached hydrogen (secondary N) is 2. The summed E-state index contributed by atoms with van der Waals surface area (Å²) in [5.74, 6) is 0.857. The van der Waals surface area contributed by atoms with Gasteiger partial charge in [-0.1, -0.05) is 23.2 Å². The lowest BCUT2D eigenvalue weighted by Crippen LogP contribution is -2.50. The van der Waals surface area contributed by atoms with Crippen molar-refractivity contribution in [3.63, 3.8) is 0 Å². The van der Waals surface area contributed by atoms with E-state index in [2.05, 4.69) is 10.6 Å². The highest BCUT2D eigenvalue weighted by Gasteiger charge is 2.23. The van der Waals surface area contributed by atoms with Gasteiger partial charge in [0.2, 0.25) is 5.91 Å². The van der Waals surface area contributed by atoms with Gasteiger partial charge in [0.1, 0.15) is 5.75 Å². The van der Waals surface area contributed by atoms with Crippen molar-refractivity contribution in [3.05, 3.63) is 28.2 Å². The molecule has 2 N–H and O–H groups in total. The maximum Gasteiger partial charge on any atom is 0.225 e. The predicted octanol–water partition coefficient (Wildman–Crippen LogP) is 2.52. The second kappa shape index (κ2) is 8.57. The third-order valence-electron chi connectivity index (χ3n) is 2.92. The smallest absolute Gasteiger partial charge is 0.225 e. The first-order chi connectivity index (χ1) is 9.16. The Bertz CT molecular complexity index is 453. The average Bonchev–Trinajstić information content (AvgIpc) is 2.29. The maximum atomic E-state index is 11.5. The van der Waals surface area contributed by atoms with Crippen LogP contribution in [0, 0.1) is 5.92 Å². The minimum absolute atomic E-state index is 0. The van der Waals surface area contributed by atoms with Gasteiger partial charge in [-0.3, -0.25) is 4.79 Å². The van der Waals surface area contributed by atoms with Gasteiger partial charge in [0.15, 0.2) is 0 Å². The molecule has 1 amide bonds. The van der Waals surface area contributed by atoms with Gasteiger partial charge in [-0.15, -0.1) is 12.4 Å². The molecule has 1 aliphatic heterocycles. The van der Waals surface area contributed by atoms with E-state index in [9.17, 15) is 4.79 Å². The fourth-order valence-electron chi connectivity index (χ4n) is 1.68. The molecular formula is C13H17Cl3N2O2. The third kappa shape index (κ3) is 5.02. The van der Waals surface area contributed by atoms with Gasteiger partial charge in [0.05, 0.1) is 17.5 Å². The van der Waals surface area contributed by atoms with E-state index in [1.165, 1.54) is 0 Å². The molecule has 0 spiro atoms. The molecule has 0 aliphatic carbocycles. The van der Waals surface area contributed by atoms with Crippen LogP contribution >= 0.6 is 35.6 Å². The minimum atomic E-state index is 0. The number of carbonyl (C=O) groups excluding carboxylic acids is 1. The fraction of sp³-hybridized carbons (Fsp3) is 0.462. The molecule has 20 heavy (non-hydrogen) atoms. The molecule has 0 bridgehead atoms. The summed E-state index contributed by atoms with van der Waals surface area (Å²) >= 11 is 11.8. The van der Waals surface area contributed by atoms with Crippen molar-refractivity contribution in [2.45, 2.75) is 6.42 Å². The van der Waals surface area contributed by atoms with Crippen LogP contribution in [0.25, 0.3) is 0 Å². The second-order valence-corrected chi connectivity index (χ2v) is 5.27. The van der Waals surface area contributed by atoms with Crippen molar-refractivity contribution >= 4 is 41.5 Å². The number of halogens is 3. The summed E-state index contributed by atoms with van der Waals surface area (Å²) in [5.41, 5.74) is 0. The van der Waals surface area contributed by atoms with Gasteiger partial charge in [0.25, 0.3) is 0 Å². The van der Waals surface area contributed by atoms with Gasteiger partial charge >= 0.3 is 0 Å². The Labute approximate surface area is 134 Å². The normalized spacial score (nSPS) is 14.1. The number of rotatable bonds is 6. The quantitative estimate of drug-likeness (QED) is 0.783. The fourth-order valence-corrected chi connectivity index (χ4v) is 2.14. The molecule has 1 aromatic carbocycles. The molecule has 0 unspecified atom stereocenters. The van der Waals surface area contributed by atoms with Crippen LogP contribution in [0.2, 0.25) is 10.0 Å². The summed E-state index contributed by atoms with van der Waals surface area (Å²) in [4.78, 5) is 11.5. The van der Waals surface area contributed by atoms with E-state index < -0.39 is 0 Å². The maximum absolute atomic E-state index is 11.5. The van der Waals surface area contributed by atoms with Crippen molar-refractivity contribution in [3.8, 4) is 5.75 Å². The first-order valence-corrected chi connectivity index (χ1v) is 6.98. The number of hydrogen-bond donors (Lipinski definition) is 2. The molecule has 2 rings (SSSR count). The van der Waals surface area contributed by atoms with E-state index in [0.29, 0.717) is 28.9 Å². The lowest BCUT2D eigenvalue weighted by molar-refractivity contribution is -0.126. The van der Waals surface area contributed by atoms with Crippen LogP contribution in [0.3, 0.4) is 0 Å². The zero-order chi connectivity index (χ0) is 13.7. The van der Waals surface area contributed by atoms with E-state index in [1.807, 2.05) is 0 Å². The van der Waals surface area contributed by atoms with E-state index in [0.717, 1.165) is 19.5 Å². The molecule has 0 saturated carbocycles. The molecule has 4 nitrogen and oxygen atoms in total. The zero-order valence-corrected chi connectivity index (χ0v) is 13.2. The number of hydrogen-bond acceptors (Lipinski definition) is 3. The highest BCUT2D eigenvalue weighted by Crippen LogP contribution is 2.27. The standard InChI is InChI=1S/C13H16Cl2N2O2.ClH/c14-10-2-3-12(11(15)6-10)19-5-1-4-17-13(18)9-7-16-8-9;/h2-3,6,9,16H,1,4-5,7-8H2,(H,17,18);1H. The average molecular weight is 340 g/mol. The van der Waals surface area contributed by atoms with Crippen molar-refractivity contribution in [2.75, 3.05) is 26.2 Å². The monoisotopic (exact) mass is 338 g/mol. The second-order valence-electron chi connectivity index (χ2n) is 4.42. The first kappa shape index (κ1) is 17.4. The van der Waals surface area contributed by atoms with E-state index in [4.69, 9.17) is 27.9 Å².